The number of primary amides is 1. The number of aryl methyl sites for hydroxylation is 2. The molecule has 3 N–H and O–H groups in total. The lowest BCUT2D eigenvalue weighted by atomic mass is 10.2. The first kappa shape index (κ1) is 30.1. The molecule has 6 aromatic rings. The van der Waals surface area contributed by atoms with Gasteiger partial charge in [-0.25, -0.2) is 23.8 Å². The van der Waals surface area contributed by atoms with Crippen LogP contribution < -0.4 is 15.2 Å². The molecule has 14 heteroatoms. The molecule has 12 nitrogen and oxygen atoms in total. The highest BCUT2D eigenvalue weighted by Gasteiger charge is 2.24. The van der Waals surface area contributed by atoms with Crippen LogP contribution >= 0.6 is 22.7 Å². The number of carbonyl (C=O) groups is 2. The summed E-state index contributed by atoms with van der Waals surface area (Å²) in [4.78, 5) is 32.1. The number of pyridine rings is 2. The number of fused-ring (bicyclic) bond motifs is 2. The van der Waals surface area contributed by atoms with Gasteiger partial charge in [0.05, 0.1) is 33.5 Å². The van der Waals surface area contributed by atoms with Crippen molar-refractivity contribution in [3.05, 3.63) is 95.2 Å². The molecule has 6 heterocycles. The zero-order chi connectivity index (χ0) is 31.4. The van der Waals surface area contributed by atoms with Gasteiger partial charge in [0.25, 0.3) is 5.91 Å². The van der Waals surface area contributed by atoms with Gasteiger partial charge in [-0.15, -0.1) is 22.7 Å². The van der Waals surface area contributed by atoms with Crippen LogP contribution in [0.1, 0.15) is 30.7 Å². The zero-order valence-electron chi connectivity index (χ0n) is 23.8. The maximum Gasteiger partial charge on any atom is 0.351 e. The molecule has 0 atom stereocenters. The molecule has 0 saturated carbocycles. The maximum atomic E-state index is 11.6. The molecule has 0 spiro atoms. The summed E-state index contributed by atoms with van der Waals surface area (Å²) < 4.78 is 14.3. The monoisotopic (exact) mass is 629 g/mol. The first-order valence-corrected chi connectivity index (χ1v) is 14.8. The van der Waals surface area contributed by atoms with E-state index in [1.54, 1.807) is 21.2 Å². The smallest absolute Gasteiger partial charge is 0.351 e. The Morgan fingerprint density at radius 1 is 0.841 bits per heavy atom. The van der Waals surface area contributed by atoms with Crippen molar-refractivity contribution in [2.45, 2.75) is 13.8 Å². The molecule has 44 heavy (non-hydrogen) atoms. The molecule has 0 unspecified atom stereocenters. The van der Waals surface area contributed by atoms with Crippen molar-refractivity contribution in [1.29, 1.82) is 0 Å². The summed E-state index contributed by atoms with van der Waals surface area (Å²) in [5, 5.41) is 19.4. The lowest BCUT2D eigenvalue weighted by Gasteiger charge is -1.99. The average Bonchev–Trinajstić information content (AvgIpc) is 3.76. The normalized spacial score (nSPS) is 10.8. The number of carbonyl (C=O) groups excluding carboxylic acids is 1. The second kappa shape index (κ2) is 12.9. The van der Waals surface area contributed by atoms with Gasteiger partial charge in [0.2, 0.25) is 11.8 Å². The predicted molar refractivity (Wildman–Crippen MR) is 169 cm³/mol. The van der Waals surface area contributed by atoms with E-state index in [0.29, 0.717) is 14.9 Å². The van der Waals surface area contributed by atoms with Crippen LogP contribution in [-0.4, -0.2) is 59.4 Å². The van der Waals surface area contributed by atoms with Crippen LogP contribution in [0.2, 0.25) is 0 Å². The van der Waals surface area contributed by atoms with Crippen LogP contribution in [0.3, 0.4) is 0 Å². The third kappa shape index (κ3) is 5.93. The zero-order valence-corrected chi connectivity index (χ0v) is 25.4. The largest absolute Gasteiger partial charge is 0.477 e. The van der Waals surface area contributed by atoms with E-state index in [2.05, 4.69) is 33.3 Å². The van der Waals surface area contributed by atoms with Crippen molar-refractivity contribution in [3.8, 4) is 32.9 Å². The van der Waals surface area contributed by atoms with Crippen LogP contribution in [0.15, 0.2) is 74.1 Å². The molecule has 6 aromatic heterocycles. The van der Waals surface area contributed by atoms with Gasteiger partial charge in [-0.05, 0) is 38.1 Å². The number of nitrogens with two attached hydrogens (primary N) is 1. The third-order valence-electron chi connectivity index (χ3n) is 6.14. The number of amides is 1. The summed E-state index contributed by atoms with van der Waals surface area (Å²) >= 11 is 2.29. The number of aromatic carboxylic acids is 1. The highest BCUT2D eigenvalue weighted by molar-refractivity contribution is 7.17. The highest BCUT2D eigenvalue weighted by Crippen LogP contribution is 2.37. The van der Waals surface area contributed by atoms with Crippen molar-refractivity contribution in [3.63, 3.8) is 0 Å². The minimum absolute atomic E-state index is 0.0755. The fourth-order valence-electron chi connectivity index (χ4n) is 4.35. The number of carboxylic acids is 1. The van der Waals surface area contributed by atoms with Gasteiger partial charge in [-0.2, -0.15) is 10.2 Å². The van der Waals surface area contributed by atoms with E-state index < -0.39 is 11.9 Å². The van der Waals surface area contributed by atoms with Crippen molar-refractivity contribution in [2.75, 3.05) is 13.2 Å². The number of hydrogen-bond acceptors (Lipinski definition) is 10. The molecule has 224 valence electrons. The fraction of sp³-hybridized carbons (Fsp3) is 0.133. The molecular weight excluding hydrogens is 603 g/mol. The predicted octanol–water partition coefficient (Wildman–Crippen LogP) is 5.46. The van der Waals surface area contributed by atoms with Gasteiger partial charge in [0, 0.05) is 12.4 Å². The Morgan fingerprint density at radius 2 is 1.30 bits per heavy atom. The second-order valence-electron chi connectivity index (χ2n) is 9.16. The van der Waals surface area contributed by atoms with Crippen LogP contribution in [0.4, 0.5) is 0 Å². The quantitative estimate of drug-likeness (QED) is 0.188. The van der Waals surface area contributed by atoms with Gasteiger partial charge in [0.15, 0.2) is 9.75 Å². The van der Waals surface area contributed by atoms with Crippen LogP contribution in [-0.2, 0) is 0 Å². The lowest BCUT2D eigenvalue weighted by Crippen LogP contribution is -2.10. The number of thiazole rings is 2. The van der Waals surface area contributed by atoms with Gasteiger partial charge in [-0.3, -0.25) is 4.79 Å². The minimum Gasteiger partial charge on any atom is -0.477 e. The summed E-state index contributed by atoms with van der Waals surface area (Å²) in [6.45, 7) is 11.4. The van der Waals surface area contributed by atoms with Crippen LogP contribution in [0, 0.1) is 13.8 Å². The van der Waals surface area contributed by atoms with Crippen molar-refractivity contribution >= 4 is 45.6 Å². The lowest BCUT2D eigenvalue weighted by molar-refractivity contribution is 0.0697. The van der Waals surface area contributed by atoms with Gasteiger partial charge < -0.3 is 20.3 Å². The Hall–Kier alpha value is -5.34. The Kier molecular flexibility index (Phi) is 8.83. The molecule has 0 fully saturated rings. The van der Waals surface area contributed by atoms with E-state index in [9.17, 15) is 14.7 Å². The molecule has 6 rings (SSSR count). The molecule has 0 saturated heterocycles. The van der Waals surface area contributed by atoms with E-state index in [0.717, 1.165) is 44.9 Å². The number of ether oxygens (including phenoxy) is 2. The molecule has 0 aromatic carbocycles. The van der Waals surface area contributed by atoms with E-state index in [-0.39, 0.29) is 29.9 Å². The fourth-order valence-corrected chi connectivity index (χ4v) is 6.27. The van der Waals surface area contributed by atoms with E-state index in [1.165, 1.54) is 11.3 Å². The minimum atomic E-state index is -1.06. The standard InChI is InChI=1S/C15H14N4O2S.C15H13N3O3S/c1-3-8-21-14-12(13(16)20)22-15(17-14)11-9(2)18-19-7-5-4-6-10(11)19;1-3-8-21-13-12(15(19)20)22-14(16-13)11-9(2)17-18-7-5-4-6-10(11)18/h3-7H,1,8H2,2H3,(H2,16,20);3-7H,1,8H2,2H3,(H,19,20). The number of aromatic nitrogens is 6. The Bertz CT molecular complexity index is 1880. The van der Waals surface area contributed by atoms with E-state index >= 15 is 0 Å². The second-order valence-corrected chi connectivity index (χ2v) is 11.2. The molecular formula is C30H27N7O5S2. The highest BCUT2D eigenvalue weighted by atomic mass is 32.1. The van der Waals surface area contributed by atoms with Gasteiger partial charge in [0.1, 0.15) is 23.2 Å². The molecule has 1 amide bonds. The Morgan fingerprint density at radius 3 is 1.73 bits per heavy atom. The molecule has 0 radical (unpaired) electrons. The molecule has 0 bridgehead atoms. The first-order valence-electron chi connectivity index (χ1n) is 13.1. The molecule has 0 aliphatic rings. The van der Waals surface area contributed by atoms with Crippen molar-refractivity contribution in [1.82, 2.24) is 29.2 Å². The third-order valence-corrected chi connectivity index (χ3v) is 8.25. The number of carboxylic acid groups (broad SMARTS) is 1. The van der Waals surface area contributed by atoms with E-state index in [4.69, 9.17) is 15.2 Å². The molecule has 0 aliphatic heterocycles. The Balaban J connectivity index is 0.000000175. The maximum absolute atomic E-state index is 11.6. The van der Waals surface area contributed by atoms with Crippen LogP contribution in [0.5, 0.6) is 11.8 Å². The summed E-state index contributed by atoms with van der Waals surface area (Å²) in [5.41, 5.74) is 10.5. The summed E-state index contributed by atoms with van der Waals surface area (Å²) in [6, 6.07) is 11.5. The number of rotatable bonds is 10. The summed E-state index contributed by atoms with van der Waals surface area (Å²) in [6.07, 6.45) is 6.84. The van der Waals surface area contributed by atoms with Gasteiger partial charge in [-0.1, -0.05) is 37.4 Å². The van der Waals surface area contributed by atoms with Crippen LogP contribution in [0.25, 0.3) is 32.2 Å². The Labute approximate surface area is 259 Å². The topological polar surface area (TPSA) is 159 Å². The van der Waals surface area contributed by atoms with Gasteiger partial charge >= 0.3 is 5.97 Å². The number of nitrogens with zero attached hydrogens (tertiary/aromatic N) is 6. The van der Waals surface area contributed by atoms with E-state index in [1.807, 2.05) is 62.6 Å². The summed E-state index contributed by atoms with van der Waals surface area (Å²) in [7, 11) is 0. The van der Waals surface area contributed by atoms with Crippen molar-refractivity contribution in [2.24, 2.45) is 5.73 Å². The SMILES string of the molecule is C=CCOc1nc(-c2c(C)nn3ccccc23)sc1C(=O)O.C=CCOc1nc(-c2c(C)nn3ccccc23)sc1C(N)=O. The van der Waals surface area contributed by atoms with Crippen molar-refractivity contribution < 1.29 is 24.2 Å². The average molecular weight is 630 g/mol. The number of hydrogen-bond donors (Lipinski definition) is 2. The molecule has 0 aliphatic carbocycles. The first-order chi connectivity index (χ1) is 21.2. The summed E-state index contributed by atoms with van der Waals surface area (Å²) in [5.74, 6) is -1.27.